The van der Waals surface area contributed by atoms with E-state index in [1.807, 2.05) is 24.0 Å². The number of rotatable bonds is 3. The van der Waals surface area contributed by atoms with E-state index in [-0.39, 0.29) is 11.9 Å². The molecule has 4 rings (SSSR count). The Balaban J connectivity index is 1.58. The van der Waals surface area contributed by atoms with E-state index >= 15 is 0 Å². The van der Waals surface area contributed by atoms with E-state index in [0.29, 0.717) is 17.4 Å². The number of aromatic nitrogens is 3. The minimum absolute atomic E-state index is 0.00614. The molecule has 1 unspecified atom stereocenters. The summed E-state index contributed by atoms with van der Waals surface area (Å²) < 4.78 is 5.47. The van der Waals surface area contributed by atoms with Gasteiger partial charge in [-0.2, -0.15) is 4.98 Å². The summed E-state index contributed by atoms with van der Waals surface area (Å²) >= 11 is 0. The smallest absolute Gasteiger partial charge is 0.256 e. The number of hydrogen-bond acceptors (Lipinski definition) is 5. The number of likely N-dealkylation sites (tertiary alicyclic amines) is 1. The third-order valence-electron chi connectivity index (χ3n) is 4.61. The zero-order valence-corrected chi connectivity index (χ0v) is 13.2. The molecule has 6 heteroatoms. The molecule has 120 valence electrons. The second-order valence-electron chi connectivity index (χ2n) is 6.46. The Kier molecular flexibility index (Phi) is 3.59. The SMILES string of the molecule is Cc1ccc(C(=O)N2CCCCC2c2nc(C3CC3)no2)cn1. The maximum Gasteiger partial charge on any atom is 0.256 e. The first-order chi connectivity index (χ1) is 11.2. The number of pyridine rings is 1. The minimum atomic E-state index is -0.113. The van der Waals surface area contributed by atoms with Gasteiger partial charge in [-0.1, -0.05) is 5.16 Å². The van der Waals surface area contributed by atoms with Crippen LogP contribution in [0, 0.1) is 6.92 Å². The molecule has 3 heterocycles. The van der Waals surface area contributed by atoms with Crippen LogP contribution in [0.1, 0.15) is 71.8 Å². The summed E-state index contributed by atoms with van der Waals surface area (Å²) in [6.45, 7) is 2.63. The normalized spacial score (nSPS) is 21.4. The van der Waals surface area contributed by atoms with Gasteiger partial charge in [0.15, 0.2) is 5.82 Å². The highest BCUT2D eigenvalue weighted by Gasteiger charge is 2.35. The molecule has 1 aliphatic heterocycles. The van der Waals surface area contributed by atoms with Crippen LogP contribution < -0.4 is 0 Å². The van der Waals surface area contributed by atoms with Crippen LogP contribution in [-0.2, 0) is 0 Å². The minimum Gasteiger partial charge on any atom is -0.337 e. The van der Waals surface area contributed by atoms with E-state index in [9.17, 15) is 4.79 Å². The molecular weight excluding hydrogens is 292 g/mol. The molecule has 2 aromatic rings. The Bertz CT molecular complexity index is 706. The van der Waals surface area contributed by atoms with Crippen LogP contribution in [0.15, 0.2) is 22.9 Å². The maximum atomic E-state index is 12.8. The van der Waals surface area contributed by atoms with Gasteiger partial charge in [-0.05, 0) is 51.2 Å². The average molecular weight is 312 g/mol. The molecule has 1 amide bonds. The van der Waals surface area contributed by atoms with Crippen molar-refractivity contribution in [1.29, 1.82) is 0 Å². The fraction of sp³-hybridized carbons (Fsp3) is 0.529. The first-order valence-electron chi connectivity index (χ1n) is 8.29. The molecule has 2 aliphatic rings. The van der Waals surface area contributed by atoms with Gasteiger partial charge in [0.25, 0.3) is 5.91 Å². The molecule has 1 saturated heterocycles. The lowest BCUT2D eigenvalue weighted by molar-refractivity contribution is 0.0561. The number of amides is 1. The third-order valence-corrected chi connectivity index (χ3v) is 4.61. The van der Waals surface area contributed by atoms with Crippen LogP contribution in [0.2, 0.25) is 0 Å². The molecule has 23 heavy (non-hydrogen) atoms. The first kappa shape index (κ1) is 14.4. The highest BCUT2D eigenvalue weighted by molar-refractivity contribution is 5.94. The maximum absolute atomic E-state index is 12.8. The summed E-state index contributed by atoms with van der Waals surface area (Å²) in [5.74, 6) is 1.84. The first-order valence-corrected chi connectivity index (χ1v) is 8.29. The van der Waals surface area contributed by atoms with Crippen LogP contribution in [0.5, 0.6) is 0 Å². The summed E-state index contributed by atoms with van der Waals surface area (Å²) in [6.07, 6.45) is 6.87. The quantitative estimate of drug-likeness (QED) is 0.871. The van der Waals surface area contributed by atoms with E-state index in [1.165, 1.54) is 0 Å². The van der Waals surface area contributed by atoms with Crippen molar-refractivity contribution in [2.24, 2.45) is 0 Å². The van der Waals surface area contributed by atoms with Gasteiger partial charge < -0.3 is 9.42 Å². The Morgan fingerprint density at radius 1 is 1.26 bits per heavy atom. The topological polar surface area (TPSA) is 72.1 Å². The van der Waals surface area contributed by atoms with Crippen molar-refractivity contribution in [3.63, 3.8) is 0 Å². The second-order valence-corrected chi connectivity index (χ2v) is 6.46. The van der Waals surface area contributed by atoms with Gasteiger partial charge in [0.1, 0.15) is 6.04 Å². The predicted octanol–water partition coefficient (Wildman–Crippen LogP) is 3.02. The summed E-state index contributed by atoms with van der Waals surface area (Å²) in [4.78, 5) is 23.5. The molecule has 1 atom stereocenters. The molecule has 1 aliphatic carbocycles. The lowest BCUT2D eigenvalue weighted by Gasteiger charge is -2.33. The summed E-state index contributed by atoms with van der Waals surface area (Å²) in [6, 6.07) is 3.58. The number of carbonyl (C=O) groups is 1. The fourth-order valence-corrected chi connectivity index (χ4v) is 3.08. The standard InChI is InChI=1S/C17H20N4O2/c1-11-5-6-13(10-18-11)17(22)21-9-3-2-4-14(21)16-19-15(20-23-16)12-7-8-12/h5-6,10,12,14H,2-4,7-9H2,1H3. The van der Waals surface area contributed by atoms with Crippen LogP contribution in [0.25, 0.3) is 0 Å². The number of nitrogens with zero attached hydrogens (tertiary/aromatic N) is 4. The number of hydrogen-bond donors (Lipinski definition) is 0. The van der Waals surface area contributed by atoms with Crippen molar-refractivity contribution >= 4 is 5.91 Å². The van der Waals surface area contributed by atoms with Gasteiger partial charge in [0.05, 0.1) is 5.56 Å². The summed E-state index contributed by atoms with van der Waals surface area (Å²) in [5.41, 5.74) is 1.52. The van der Waals surface area contributed by atoms with Crippen molar-refractivity contribution < 1.29 is 9.32 Å². The van der Waals surface area contributed by atoms with Gasteiger partial charge in [-0.3, -0.25) is 9.78 Å². The van der Waals surface area contributed by atoms with Crippen molar-refractivity contribution in [1.82, 2.24) is 20.0 Å². The van der Waals surface area contributed by atoms with Crippen LogP contribution in [-0.4, -0.2) is 32.5 Å². The van der Waals surface area contributed by atoms with Crippen molar-refractivity contribution in [2.75, 3.05) is 6.54 Å². The molecule has 2 aromatic heterocycles. The fourth-order valence-electron chi connectivity index (χ4n) is 3.08. The van der Waals surface area contributed by atoms with Gasteiger partial charge in [-0.25, -0.2) is 0 Å². The summed E-state index contributed by atoms with van der Waals surface area (Å²) in [5, 5.41) is 4.10. The molecule has 0 radical (unpaired) electrons. The van der Waals surface area contributed by atoms with Crippen LogP contribution in [0.3, 0.4) is 0 Å². The van der Waals surface area contributed by atoms with E-state index in [2.05, 4.69) is 15.1 Å². The third kappa shape index (κ3) is 2.85. The zero-order valence-electron chi connectivity index (χ0n) is 13.2. The molecule has 1 saturated carbocycles. The largest absolute Gasteiger partial charge is 0.337 e. The van der Waals surface area contributed by atoms with Gasteiger partial charge >= 0.3 is 0 Å². The van der Waals surface area contributed by atoms with Crippen molar-refractivity contribution in [3.8, 4) is 0 Å². The average Bonchev–Trinajstić information content (AvgIpc) is 3.32. The van der Waals surface area contributed by atoms with E-state index < -0.39 is 0 Å². The molecule has 0 aromatic carbocycles. The predicted molar refractivity (Wildman–Crippen MR) is 82.9 cm³/mol. The molecule has 0 N–H and O–H groups in total. The monoisotopic (exact) mass is 312 g/mol. The van der Waals surface area contributed by atoms with Gasteiger partial charge in [-0.15, -0.1) is 0 Å². The lowest BCUT2D eigenvalue weighted by atomic mass is 10.0. The molecular formula is C17H20N4O2. The van der Waals surface area contributed by atoms with E-state index in [1.54, 1.807) is 6.20 Å². The van der Waals surface area contributed by atoms with Gasteiger partial charge in [0.2, 0.25) is 5.89 Å². The number of aryl methyl sites for hydroxylation is 1. The van der Waals surface area contributed by atoms with Gasteiger partial charge in [0, 0.05) is 24.4 Å². The van der Waals surface area contributed by atoms with Crippen LogP contribution >= 0.6 is 0 Å². The second kappa shape index (κ2) is 5.76. The summed E-state index contributed by atoms with van der Waals surface area (Å²) in [7, 11) is 0. The molecule has 0 spiro atoms. The molecule has 2 fully saturated rings. The van der Waals surface area contributed by atoms with E-state index in [0.717, 1.165) is 50.2 Å². The Hall–Kier alpha value is -2.24. The van der Waals surface area contributed by atoms with Crippen LogP contribution in [0.4, 0.5) is 0 Å². The Morgan fingerprint density at radius 3 is 2.87 bits per heavy atom. The van der Waals surface area contributed by atoms with Crippen molar-refractivity contribution in [2.45, 2.75) is 51.0 Å². The Labute approximate surface area is 134 Å². The number of piperidine rings is 1. The zero-order chi connectivity index (χ0) is 15.8. The molecule has 6 nitrogen and oxygen atoms in total. The van der Waals surface area contributed by atoms with E-state index in [4.69, 9.17) is 4.52 Å². The van der Waals surface area contributed by atoms with Crippen molar-refractivity contribution in [3.05, 3.63) is 41.3 Å². The lowest BCUT2D eigenvalue weighted by Crippen LogP contribution is -2.38. The molecule has 0 bridgehead atoms. The highest BCUT2D eigenvalue weighted by Crippen LogP contribution is 2.39. The number of carbonyl (C=O) groups excluding carboxylic acids is 1. The highest BCUT2D eigenvalue weighted by atomic mass is 16.5. The Morgan fingerprint density at radius 2 is 2.13 bits per heavy atom.